The highest BCUT2D eigenvalue weighted by Gasteiger charge is 2.32. The van der Waals surface area contributed by atoms with Crippen molar-refractivity contribution in [1.82, 2.24) is 9.80 Å². The molecule has 15 heavy (non-hydrogen) atoms. The van der Waals surface area contributed by atoms with Crippen LogP contribution in [0.15, 0.2) is 0 Å². The van der Waals surface area contributed by atoms with E-state index in [1.807, 2.05) is 4.90 Å². The summed E-state index contributed by atoms with van der Waals surface area (Å²) in [6.07, 6.45) is 5.98. The van der Waals surface area contributed by atoms with Gasteiger partial charge in [-0.15, -0.1) is 0 Å². The van der Waals surface area contributed by atoms with Gasteiger partial charge < -0.3 is 9.80 Å². The van der Waals surface area contributed by atoms with Gasteiger partial charge in [0.1, 0.15) is 0 Å². The van der Waals surface area contributed by atoms with E-state index in [0.29, 0.717) is 12.1 Å². The van der Waals surface area contributed by atoms with Crippen LogP contribution in [-0.2, 0) is 0 Å². The minimum Gasteiger partial charge on any atom is -0.325 e. The maximum atomic E-state index is 12.3. The molecule has 86 valence electrons. The number of amides is 2. The molecule has 0 aromatic rings. The first-order valence-electron chi connectivity index (χ1n) is 6.27. The minimum atomic E-state index is 0.284. The molecule has 2 aliphatic heterocycles. The number of carbonyl (C=O) groups is 1. The van der Waals surface area contributed by atoms with Gasteiger partial charge in [0.15, 0.2) is 0 Å². The van der Waals surface area contributed by atoms with Crippen molar-refractivity contribution in [3.8, 4) is 0 Å². The molecule has 3 heteroatoms. The number of hydrogen-bond donors (Lipinski definition) is 0. The van der Waals surface area contributed by atoms with E-state index in [9.17, 15) is 4.79 Å². The Kier molecular flexibility index (Phi) is 3.17. The molecule has 2 atom stereocenters. The quantitative estimate of drug-likeness (QED) is 0.602. The van der Waals surface area contributed by atoms with Gasteiger partial charge in [-0.3, -0.25) is 0 Å². The number of nitrogens with zero attached hydrogens (tertiary/aromatic N) is 2. The Morgan fingerprint density at radius 2 is 1.53 bits per heavy atom. The van der Waals surface area contributed by atoms with Crippen molar-refractivity contribution >= 4 is 6.03 Å². The van der Waals surface area contributed by atoms with Crippen molar-refractivity contribution in [1.29, 1.82) is 0 Å². The van der Waals surface area contributed by atoms with Crippen molar-refractivity contribution in [2.75, 3.05) is 13.1 Å². The van der Waals surface area contributed by atoms with Crippen molar-refractivity contribution < 1.29 is 4.79 Å². The predicted molar refractivity (Wildman–Crippen MR) is 60.8 cm³/mol. The van der Waals surface area contributed by atoms with Gasteiger partial charge in [0.2, 0.25) is 0 Å². The lowest BCUT2D eigenvalue weighted by molar-refractivity contribution is 0.0980. The molecular weight excluding hydrogens is 188 g/mol. The first-order valence-corrected chi connectivity index (χ1v) is 6.27. The Bertz CT molecular complexity index is 226. The number of urea groups is 1. The van der Waals surface area contributed by atoms with Gasteiger partial charge in [-0.1, -0.05) is 0 Å². The summed E-state index contributed by atoms with van der Waals surface area (Å²) in [6, 6.07) is 1.15. The van der Waals surface area contributed by atoms with Crippen LogP contribution in [0.5, 0.6) is 0 Å². The van der Waals surface area contributed by atoms with E-state index in [0.717, 1.165) is 13.1 Å². The van der Waals surface area contributed by atoms with Crippen LogP contribution in [0.2, 0.25) is 0 Å². The zero-order valence-electron chi connectivity index (χ0n) is 9.91. The molecule has 0 bridgehead atoms. The summed E-state index contributed by atoms with van der Waals surface area (Å²) in [7, 11) is 0. The lowest BCUT2D eigenvalue weighted by Crippen LogP contribution is -2.52. The number of likely N-dealkylation sites (tertiary alicyclic amines) is 2. The van der Waals surface area contributed by atoms with Crippen LogP contribution in [-0.4, -0.2) is 41.0 Å². The van der Waals surface area contributed by atoms with E-state index in [-0.39, 0.29) is 6.03 Å². The molecule has 0 aromatic carbocycles. The summed E-state index contributed by atoms with van der Waals surface area (Å²) in [5, 5.41) is 0. The van der Waals surface area contributed by atoms with Crippen molar-refractivity contribution in [2.45, 2.75) is 58.0 Å². The highest BCUT2D eigenvalue weighted by atomic mass is 16.2. The zero-order valence-corrected chi connectivity index (χ0v) is 9.91. The molecular formula is C12H22N2O. The second-order valence-electron chi connectivity index (χ2n) is 5.01. The molecule has 0 spiro atoms. The molecule has 0 aromatic heterocycles. The summed E-state index contributed by atoms with van der Waals surface area (Å²) in [6.45, 7) is 6.30. The molecule has 0 N–H and O–H groups in total. The smallest absolute Gasteiger partial charge is 0.320 e. The molecule has 2 rings (SSSR count). The molecule has 2 heterocycles. The van der Waals surface area contributed by atoms with Crippen LogP contribution < -0.4 is 0 Å². The van der Waals surface area contributed by atoms with Crippen molar-refractivity contribution in [3.63, 3.8) is 0 Å². The summed E-state index contributed by atoms with van der Waals surface area (Å²) >= 11 is 0. The third kappa shape index (κ3) is 2.11. The third-order valence-electron chi connectivity index (χ3n) is 3.79. The van der Waals surface area contributed by atoms with E-state index in [4.69, 9.17) is 0 Å². The second kappa shape index (κ2) is 4.42. The summed E-state index contributed by atoms with van der Waals surface area (Å²) in [5.74, 6) is 0. The molecule has 3 nitrogen and oxygen atoms in total. The molecule has 2 saturated heterocycles. The Morgan fingerprint density at radius 1 is 1.00 bits per heavy atom. The monoisotopic (exact) mass is 210 g/mol. The van der Waals surface area contributed by atoms with Crippen LogP contribution in [0, 0.1) is 0 Å². The average Bonchev–Trinajstić information content (AvgIpc) is 2.69. The highest BCUT2D eigenvalue weighted by molar-refractivity contribution is 5.75. The summed E-state index contributed by atoms with van der Waals surface area (Å²) in [5.41, 5.74) is 0. The van der Waals surface area contributed by atoms with Gasteiger partial charge in [0.05, 0.1) is 0 Å². The van der Waals surface area contributed by atoms with E-state index < -0.39 is 0 Å². The fourth-order valence-corrected chi connectivity index (χ4v) is 2.87. The van der Waals surface area contributed by atoms with Crippen LogP contribution in [0.25, 0.3) is 0 Å². The fraction of sp³-hybridized carbons (Fsp3) is 0.917. The maximum Gasteiger partial charge on any atom is 0.320 e. The molecule has 0 aliphatic carbocycles. The SMILES string of the molecule is C[C@@H]1CCC[C@H](C)N1C(=O)N1CCCC1. The van der Waals surface area contributed by atoms with E-state index in [1.54, 1.807) is 0 Å². The molecule has 2 amide bonds. The lowest BCUT2D eigenvalue weighted by Gasteiger charge is -2.41. The predicted octanol–water partition coefficient (Wildman–Crippen LogP) is 2.47. The van der Waals surface area contributed by atoms with Crippen molar-refractivity contribution in [2.24, 2.45) is 0 Å². The van der Waals surface area contributed by atoms with Gasteiger partial charge >= 0.3 is 6.03 Å². The van der Waals surface area contributed by atoms with Crippen LogP contribution in [0.1, 0.15) is 46.0 Å². The molecule has 2 aliphatic rings. The molecule has 0 unspecified atom stereocenters. The minimum absolute atomic E-state index is 0.284. The van der Waals surface area contributed by atoms with Gasteiger partial charge in [-0.2, -0.15) is 0 Å². The fourth-order valence-electron chi connectivity index (χ4n) is 2.87. The van der Waals surface area contributed by atoms with Gasteiger partial charge in [-0.05, 0) is 46.0 Å². The van der Waals surface area contributed by atoms with Gasteiger partial charge in [0.25, 0.3) is 0 Å². The average molecular weight is 210 g/mol. The second-order valence-corrected chi connectivity index (χ2v) is 5.01. The number of hydrogen-bond acceptors (Lipinski definition) is 1. The third-order valence-corrected chi connectivity index (χ3v) is 3.79. The van der Waals surface area contributed by atoms with Crippen molar-refractivity contribution in [3.05, 3.63) is 0 Å². The van der Waals surface area contributed by atoms with Crippen LogP contribution >= 0.6 is 0 Å². The lowest BCUT2D eigenvalue weighted by atomic mass is 9.98. The highest BCUT2D eigenvalue weighted by Crippen LogP contribution is 2.24. The Morgan fingerprint density at radius 3 is 2.07 bits per heavy atom. The number of rotatable bonds is 0. The molecule has 2 fully saturated rings. The summed E-state index contributed by atoms with van der Waals surface area (Å²) < 4.78 is 0. The standard InChI is InChI=1S/C12H22N2O/c1-10-6-5-7-11(2)14(10)12(15)13-8-3-4-9-13/h10-11H,3-9H2,1-2H3/t10-,11+. The topological polar surface area (TPSA) is 23.6 Å². The van der Waals surface area contributed by atoms with Crippen LogP contribution in [0.4, 0.5) is 4.79 Å². The zero-order chi connectivity index (χ0) is 10.8. The Hall–Kier alpha value is -0.730. The number of piperidine rings is 1. The van der Waals surface area contributed by atoms with Gasteiger partial charge in [-0.25, -0.2) is 4.79 Å². The molecule has 0 radical (unpaired) electrons. The van der Waals surface area contributed by atoms with Crippen LogP contribution in [0.3, 0.4) is 0 Å². The van der Waals surface area contributed by atoms with Gasteiger partial charge in [0, 0.05) is 25.2 Å². The first-order chi connectivity index (χ1) is 7.20. The maximum absolute atomic E-state index is 12.3. The first kappa shape index (κ1) is 10.8. The Labute approximate surface area is 92.4 Å². The van der Waals surface area contributed by atoms with E-state index >= 15 is 0 Å². The largest absolute Gasteiger partial charge is 0.325 e. The normalized spacial score (nSPS) is 32.1. The molecule has 0 saturated carbocycles. The Balaban J connectivity index is 2.02. The number of carbonyl (C=O) groups excluding carboxylic acids is 1. The van der Waals surface area contributed by atoms with E-state index in [2.05, 4.69) is 18.7 Å². The summed E-state index contributed by atoms with van der Waals surface area (Å²) in [4.78, 5) is 16.4. The van der Waals surface area contributed by atoms with E-state index in [1.165, 1.54) is 32.1 Å².